The summed E-state index contributed by atoms with van der Waals surface area (Å²) in [5.74, 6) is 1.01. The minimum absolute atomic E-state index is 0.00604. The number of rotatable bonds is 8. The summed E-state index contributed by atoms with van der Waals surface area (Å²) in [6.07, 6.45) is 1.22. The van der Waals surface area contributed by atoms with Crippen molar-refractivity contribution >= 4 is 17.4 Å². The zero-order valence-corrected chi connectivity index (χ0v) is 15.5. The minimum Gasteiger partial charge on any atom is -0.507 e. The standard InChI is InChI=1S/C20H23ClO4/c1-4-7-16-18(11-10-15(14(3)22)20(16)23)24-12-13(2)25-19-9-6-5-8-17(19)21/h5-6,8-11,13,23H,4,7,12H2,1-3H3. The third-order valence-corrected chi connectivity index (χ3v) is 4.07. The fourth-order valence-electron chi connectivity index (χ4n) is 2.53. The molecule has 5 heteroatoms. The Kier molecular flexibility index (Phi) is 6.71. The second kappa shape index (κ2) is 8.77. The first kappa shape index (κ1) is 19.1. The topological polar surface area (TPSA) is 55.8 Å². The second-order valence-corrected chi connectivity index (χ2v) is 6.32. The highest BCUT2D eigenvalue weighted by Crippen LogP contribution is 2.33. The molecule has 0 heterocycles. The van der Waals surface area contributed by atoms with Crippen molar-refractivity contribution in [1.82, 2.24) is 0 Å². The van der Waals surface area contributed by atoms with Crippen LogP contribution in [0.5, 0.6) is 17.2 Å². The van der Waals surface area contributed by atoms with Crippen LogP contribution < -0.4 is 9.47 Å². The van der Waals surface area contributed by atoms with E-state index in [1.165, 1.54) is 6.92 Å². The van der Waals surface area contributed by atoms with Crippen LogP contribution >= 0.6 is 11.6 Å². The fraction of sp³-hybridized carbons (Fsp3) is 0.350. The number of para-hydroxylation sites is 1. The van der Waals surface area contributed by atoms with Crippen LogP contribution in [0.1, 0.15) is 43.1 Å². The van der Waals surface area contributed by atoms with Gasteiger partial charge in [0.15, 0.2) is 5.78 Å². The lowest BCUT2D eigenvalue weighted by Crippen LogP contribution is -2.21. The number of phenols is 1. The first-order valence-corrected chi connectivity index (χ1v) is 8.71. The number of hydrogen-bond donors (Lipinski definition) is 1. The van der Waals surface area contributed by atoms with Crippen LogP contribution in [-0.4, -0.2) is 23.6 Å². The number of aromatic hydroxyl groups is 1. The number of hydrogen-bond acceptors (Lipinski definition) is 4. The first-order valence-electron chi connectivity index (χ1n) is 8.33. The molecule has 0 aliphatic carbocycles. The molecule has 0 amide bonds. The molecule has 0 aliphatic heterocycles. The smallest absolute Gasteiger partial charge is 0.163 e. The van der Waals surface area contributed by atoms with Crippen molar-refractivity contribution in [1.29, 1.82) is 0 Å². The second-order valence-electron chi connectivity index (χ2n) is 5.91. The maximum Gasteiger partial charge on any atom is 0.163 e. The van der Waals surface area contributed by atoms with Crippen LogP contribution in [0.4, 0.5) is 0 Å². The predicted octanol–water partition coefficient (Wildman–Crippen LogP) is 5.05. The summed E-state index contributed by atoms with van der Waals surface area (Å²) in [4.78, 5) is 11.6. The molecule has 0 saturated carbocycles. The number of carbonyl (C=O) groups excluding carboxylic acids is 1. The summed E-state index contributed by atoms with van der Waals surface area (Å²) in [5, 5.41) is 10.9. The summed E-state index contributed by atoms with van der Waals surface area (Å²) in [7, 11) is 0. The molecule has 2 rings (SSSR count). The van der Waals surface area contributed by atoms with E-state index in [9.17, 15) is 9.90 Å². The molecular formula is C20H23ClO4. The summed E-state index contributed by atoms with van der Waals surface area (Å²) < 4.78 is 11.6. The van der Waals surface area contributed by atoms with E-state index in [0.717, 1.165) is 6.42 Å². The van der Waals surface area contributed by atoms with Crippen LogP contribution in [0.3, 0.4) is 0 Å². The lowest BCUT2D eigenvalue weighted by Gasteiger charge is -2.19. The van der Waals surface area contributed by atoms with Crippen molar-refractivity contribution in [2.45, 2.75) is 39.7 Å². The van der Waals surface area contributed by atoms with Crippen LogP contribution in [0.2, 0.25) is 5.02 Å². The van der Waals surface area contributed by atoms with Gasteiger partial charge in [0.2, 0.25) is 0 Å². The fourth-order valence-corrected chi connectivity index (χ4v) is 2.71. The minimum atomic E-state index is -0.232. The van der Waals surface area contributed by atoms with Gasteiger partial charge in [-0.2, -0.15) is 0 Å². The molecule has 0 saturated heterocycles. The largest absolute Gasteiger partial charge is 0.507 e. The van der Waals surface area contributed by atoms with E-state index in [-0.39, 0.29) is 17.6 Å². The van der Waals surface area contributed by atoms with Crippen molar-refractivity contribution in [3.05, 3.63) is 52.5 Å². The van der Waals surface area contributed by atoms with Crippen molar-refractivity contribution < 1.29 is 19.4 Å². The Morgan fingerprint density at radius 1 is 1.20 bits per heavy atom. The highest BCUT2D eigenvalue weighted by Gasteiger charge is 2.17. The Morgan fingerprint density at radius 2 is 1.92 bits per heavy atom. The van der Waals surface area contributed by atoms with Crippen molar-refractivity contribution in [2.75, 3.05) is 6.61 Å². The van der Waals surface area contributed by atoms with E-state index in [1.807, 2.05) is 26.0 Å². The van der Waals surface area contributed by atoms with E-state index in [0.29, 0.717) is 40.7 Å². The monoisotopic (exact) mass is 362 g/mol. The predicted molar refractivity (Wildman–Crippen MR) is 99.1 cm³/mol. The van der Waals surface area contributed by atoms with Gasteiger partial charge in [0.05, 0.1) is 10.6 Å². The van der Waals surface area contributed by atoms with E-state index in [2.05, 4.69) is 0 Å². The number of halogens is 1. The summed E-state index contributed by atoms with van der Waals surface area (Å²) in [6.45, 7) is 5.62. The van der Waals surface area contributed by atoms with Gasteiger partial charge in [0.1, 0.15) is 30.0 Å². The number of Topliss-reactive ketones (excluding diaryl/α,β-unsaturated/α-hetero) is 1. The maximum atomic E-state index is 11.6. The number of carbonyl (C=O) groups is 1. The molecular weight excluding hydrogens is 340 g/mol. The molecule has 1 unspecified atom stereocenters. The molecule has 0 bridgehead atoms. The molecule has 2 aromatic rings. The Balaban J connectivity index is 2.10. The molecule has 1 N–H and O–H groups in total. The van der Waals surface area contributed by atoms with Gasteiger partial charge in [0, 0.05) is 5.56 Å². The van der Waals surface area contributed by atoms with Crippen LogP contribution in [0, 0.1) is 0 Å². The quantitative estimate of drug-likeness (QED) is 0.668. The highest BCUT2D eigenvalue weighted by atomic mass is 35.5. The van der Waals surface area contributed by atoms with Gasteiger partial charge in [-0.05, 0) is 44.5 Å². The number of ketones is 1. The maximum absolute atomic E-state index is 11.6. The average Bonchev–Trinajstić information content (AvgIpc) is 2.57. The molecule has 134 valence electrons. The Bertz CT molecular complexity index is 742. The average molecular weight is 363 g/mol. The van der Waals surface area contributed by atoms with Crippen LogP contribution in [0.15, 0.2) is 36.4 Å². The number of benzene rings is 2. The first-order chi connectivity index (χ1) is 11.9. The molecule has 0 aromatic heterocycles. The van der Waals surface area contributed by atoms with E-state index in [1.54, 1.807) is 24.3 Å². The van der Waals surface area contributed by atoms with Crippen molar-refractivity contribution in [2.24, 2.45) is 0 Å². The number of phenolic OH excluding ortho intramolecular Hbond substituents is 1. The van der Waals surface area contributed by atoms with Gasteiger partial charge >= 0.3 is 0 Å². The van der Waals surface area contributed by atoms with E-state index in [4.69, 9.17) is 21.1 Å². The van der Waals surface area contributed by atoms with E-state index < -0.39 is 0 Å². The number of ether oxygens (including phenoxy) is 2. The molecule has 2 aromatic carbocycles. The van der Waals surface area contributed by atoms with E-state index >= 15 is 0 Å². The van der Waals surface area contributed by atoms with Crippen LogP contribution in [-0.2, 0) is 6.42 Å². The van der Waals surface area contributed by atoms with Crippen LogP contribution in [0.25, 0.3) is 0 Å². The molecule has 25 heavy (non-hydrogen) atoms. The van der Waals surface area contributed by atoms with Crippen molar-refractivity contribution in [3.8, 4) is 17.2 Å². The van der Waals surface area contributed by atoms with Gasteiger partial charge < -0.3 is 14.6 Å². The lowest BCUT2D eigenvalue weighted by atomic mass is 10.0. The molecule has 0 fully saturated rings. The molecule has 0 aliphatic rings. The summed E-state index contributed by atoms with van der Waals surface area (Å²) in [5.41, 5.74) is 0.969. The summed E-state index contributed by atoms with van der Waals surface area (Å²) >= 11 is 6.09. The van der Waals surface area contributed by atoms with Gasteiger partial charge in [-0.1, -0.05) is 37.1 Å². The third-order valence-electron chi connectivity index (χ3n) is 3.76. The Hall–Kier alpha value is -2.20. The molecule has 0 radical (unpaired) electrons. The third kappa shape index (κ3) is 4.89. The normalized spacial score (nSPS) is 11.8. The SMILES string of the molecule is CCCc1c(OCC(C)Oc2ccccc2Cl)ccc(C(C)=O)c1O. The van der Waals surface area contributed by atoms with Gasteiger partial charge in [-0.3, -0.25) is 4.79 Å². The molecule has 1 atom stereocenters. The zero-order chi connectivity index (χ0) is 18.4. The zero-order valence-electron chi connectivity index (χ0n) is 14.7. The lowest BCUT2D eigenvalue weighted by molar-refractivity contribution is 0.101. The highest BCUT2D eigenvalue weighted by molar-refractivity contribution is 6.32. The van der Waals surface area contributed by atoms with Crippen molar-refractivity contribution in [3.63, 3.8) is 0 Å². The van der Waals surface area contributed by atoms with Gasteiger partial charge in [-0.25, -0.2) is 0 Å². The van der Waals surface area contributed by atoms with Gasteiger partial charge in [-0.15, -0.1) is 0 Å². The molecule has 0 spiro atoms. The summed E-state index contributed by atoms with van der Waals surface area (Å²) in [6, 6.07) is 10.6. The Labute approximate surface area is 153 Å². The Morgan fingerprint density at radius 3 is 2.56 bits per heavy atom. The molecule has 4 nitrogen and oxygen atoms in total. The van der Waals surface area contributed by atoms with Gasteiger partial charge in [0.25, 0.3) is 0 Å².